The third kappa shape index (κ3) is 5.47. The molecule has 1 heterocycles. The van der Waals surface area contributed by atoms with Crippen molar-refractivity contribution in [2.45, 2.75) is 39.7 Å². The zero-order chi connectivity index (χ0) is 19.1. The number of piperidine rings is 1. The number of esters is 1. The van der Waals surface area contributed by atoms with Gasteiger partial charge in [-0.15, -0.1) is 0 Å². The summed E-state index contributed by atoms with van der Waals surface area (Å²) in [6, 6.07) is 6.67. The number of nitrogens with one attached hydrogen (secondary N) is 2. The monoisotopic (exact) mass is 361 g/mol. The maximum atomic E-state index is 12.4. The number of ether oxygens (including phenoxy) is 1. The molecule has 0 atom stereocenters. The van der Waals surface area contributed by atoms with Crippen LogP contribution < -0.4 is 10.6 Å². The Morgan fingerprint density at radius 3 is 2.31 bits per heavy atom. The average Bonchev–Trinajstić information content (AvgIpc) is 2.62. The molecule has 1 aliphatic rings. The van der Waals surface area contributed by atoms with Crippen molar-refractivity contribution in [3.63, 3.8) is 0 Å². The van der Waals surface area contributed by atoms with E-state index in [0.29, 0.717) is 43.8 Å². The number of anilines is 1. The van der Waals surface area contributed by atoms with Gasteiger partial charge in [0.05, 0.1) is 12.2 Å². The van der Waals surface area contributed by atoms with Crippen molar-refractivity contribution >= 4 is 23.6 Å². The zero-order valence-electron chi connectivity index (χ0n) is 15.6. The van der Waals surface area contributed by atoms with Crippen molar-refractivity contribution < 1.29 is 19.1 Å². The highest BCUT2D eigenvalue weighted by Gasteiger charge is 2.27. The summed E-state index contributed by atoms with van der Waals surface area (Å²) in [7, 11) is 0. The lowest BCUT2D eigenvalue weighted by Crippen LogP contribution is -2.47. The number of nitrogens with zero attached hydrogens (tertiary/aromatic N) is 1. The van der Waals surface area contributed by atoms with Crippen molar-refractivity contribution in [2.24, 2.45) is 5.92 Å². The van der Waals surface area contributed by atoms with E-state index in [4.69, 9.17) is 4.74 Å². The molecule has 1 aliphatic heterocycles. The minimum absolute atomic E-state index is 0.0576. The van der Waals surface area contributed by atoms with Crippen LogP contribution in [-0.2, 0) is 9.53 Å². The van der Waals surface area contributed by atoms with Gasteiger partial charge < -0.3 is 20.3 Å². The molecule has 7 nitrogen and oxygen atoms in total. The van der Waals surface area contributed by atoms with E-state index >= 15 is 0 Å². The van der Waals surface area contributed by atoms with Crippen LogP contribution in [0, 0.1) is 5.92 Å². The van der Waals surface area contributed by atoms with Crippen molar-refractivity contribution in [3.8, 4) is 0 Å². The van der Waals surface area contributed by atoms with Gasteiger partial charge in [-0.1, -0.05) is 0 Å². The van der Waals surface area contributed by atoms with Gasteiger partial charge in [-0.25, -0.2) is 9.59 Å². The summed E-state index contributed by atoms with van der Waals surface area (Å²) < 4.78 is 4.93. The van der Waals surface area contributed by atoms with Crippen LogP contribution in [0.4, 0.5) is 10.5 Å². The maximum Gasteiger partial charge on any atom is 0.338 e. The number of carbonyl (C=O) groups is 3. The third-order valence-electron chi connectivity index (χ3n) is 4.23. The lowest BCUT2D eigenvalue weighted by Gasteiger charge is -2.32. The van der Waals surface area contributed by atoms with Crippen LogP contribution in [-0.4, -0.2) is 48.5 Å². The summed E-state index contributed by atoms with van der Waals surface area (Å²) in [5.74, 6) is -0.557. The molecular weight excluding hydrogens is 334 g/mol. The molecule has 142 valence electrons. The van der Waals surface area contributed by atoms with Gasteiger partial charge in [0.1, 0.15) is 0 Å². The first-order valence-corrected chi connectivity index (χ1v) is 9.04. The molecule has 0 spiro atoms. The fourth-order valence-electron chi connectivity index (χ4n) is 2.83. The smallest absolute Gasteiger partial charge is 0.338 e. The average molecular weight is 361 g/mol. The van der Waals surface area contributed by atoms with Crippen LogP contribution in [0.2, 0.25) is 0 Å². The lowest BCUT2D eigenvalue weighted by molar-refractivity contribution is -0.121. The topological polar surface area (TPSA) is 87.7 Å². The summed E-state index contributed by atoms with van der Waals surface area (Å²) in [4.78, 5) is 37.8. The molecule has 1 aromatic carbocycles. The first kappa shape index (κ1) is 19.8. The minimum atomic E-state index is -0.377. The molecule has 0 bridgehead atoms. The van der Waals surface area contributed by atoms with E-state index in [2.05, 4.69) is 10.6 Å². The van der Waals surface area contributed by atoms with Gasteiger partial charge in [-0.05, 0) is 57.9 Å². The Hall–Kier alpha value is -2.57. The summed E-state index contributed by atoms with van der Waals surface area (Å²) in [6.07, 6.45) is 1.27. The highest BCUT2D eigenvalue weighted by Crippen LogP contribution is 2.20. The van der Waals surface area contributed by atoms with E-state index in [-0.39, 0.29) is 29.9 Å². The molecule has 26 heavy (non-hydrogen) atoms. The summed E-state index contributed by atoms with van der Waals surface area (Å²) in [5.41, 5.74) is 1.09. The second kappa shape index (κ2) is 9.22. The van der Waals surface area contributed by atoms with E-state index in [9.17, 15) is 14.4 Å². The van der Waals surface area contributed by atoms with E-state index < -0.39 is 0 Å². The first-order chi connectivity index (χ1) is 12.4. The van der Waals surface area contributed by atoms with Crippen LogP contribution in [0.25, 0.3) is 0 Å². The molecule has 3 amide bonds. The van der Waals surface area contributed by atoms with Crippen LogP contribution in [0.3, 0.4) is 0 Å². The Kier molecular flexibility index (Phi) is 7.00. The molecule has 0 aromatic heterocycles. The van der Waals surface area contributed by atoms with Gasteiger partial charge in [0.15, 0.2) is 0 Å². The Bertz CT molecular complexity index is 635. The Labute approximate surface area is 154 Å². The predicted octanol–water partition coefficient (Wildman–Crippen LogP) is 2.63. The molecule has 1 fully saturated rings. The quantitative estimate of drug-likeness (QED) is 0.789. The SMILES string of the molecule is CCOC(=O)c1ccc(NC(=O)C2CCN(C(=O)NC(C)C)CC2)cc1. The van der Waals surface area contributed by atoms with Crippen molar-refractivity contribution in [2.75, 3.05) is 25.0 Å². The van der Waals surface area contributed by atoms with E-state index in [1.54, 1.807) is 36.1 Å². The van der Waals surface area contributed by atoms with Crippen molar-refractivity contribution in [1.29, 1.82) is 0 Å². The molecule has 1 aromatic rings. The second-order valence-corrected chi connectivity index (χ2v) is 6.65. The Morgan fingerprint density at radius 1 is 1.15 bits per heavy atom. The number of rotatable bonds is 5. The van der Waals surface area contributed by atoms with Gasteiger partial charge in [0.2, 0.25) is 5.91 Å². The third-order valence-corrected chi connectivity index (χ3v) is 4.23. The van der Waals surface area contributed by atoms with E-state index in [1.807, 2.05) is 13.8 Å². The number of urea groups is 1. The van der Waals surface area contributed by atoms with E-state index in [0.717, 1.165) is 0 Å². The van der Waals surface area contributed by atoms with Gasteiger partial charge in [-0.3, -0.25) is 4.79 Å². The molecule has 0 aliphatic carbocycles. The highest BCUT2D eigenvalue weighted by atomic mass is 16.5. The summed E-state index contributed by atoms with van der Waals surface area (Å²) >= 11 is 0. The maximum absolute atomic E-state index is 12.4. The molecule has 1 saturated heterocycles. The number of benzene rings is 1. The van der Waals surface area contributed by atoms with Crippen LogP contribution in [0.5, 0.6) is 0 Å². The van der Waals surface area contributed by atoms with Crippen LogP contribution in [0.15, 0.2) is 24.3 Å². The normalized spacial score (nSPS) is 14.8. The molecule has 2 rings (SSSR count). The van der Waals surface area contributed by atoms with Crippen LogP contribution in [0.1, 0.15) is 44.0 Å². The minimum Gasteiger partial charge on any atom is -0.462 e. The number of hydrogen-bond donors (Lipinski definition) is 2. The fourth-order valence-corrected chi connectivity index (χ4v) is 2.83. The van der Waals surface area contributed by atoms with Gasteiger partial charge in [0, 0.05) is 30.7 Å². The lowest BCUT2D eigenvalue weighted by atomic mass is 9.96. The summed E-state index contributed by atoms with van der Waals surface area (Å²) in [6.45, 7) is 7.06. The van der Waals surface area contributed by atoms with Gasteiger partial charge in [0.25, 0.3) is 0 Å². The number of likely N-dealkylation sites (tertiary alicyclic amines) is 1. The molecule has 0 radical (unpaired) electrons. The number of carbonyl (C=O) groups excluding carboxylic acids is 3. The Morgan fingerprint density at radius 2 is 1.77 bits per heavy atom. The molecule has 2 N–H and O–H groups in total. The molecule has 0 unspecified atom stereocenters. The molecule has 7 heteroatoms. The van der Waals surface area contributed by atoms with E-state index in [1.165, 1.54) is 0 Å². The highest BCUT2D eigenvalue weighted by molar-refractivity contribution is 5.94. The van der Waals surface area contributed by atoms with Gasteiger partial charge in [-0.2, -0.15) is 0 Å². The van der Waals surface area contributed by atoms with Crippen LogP contribution >= 0.6 is 0 Å². The predicted molar refractivity (Wildman–Crippen MR) is 99.0 cm³/mol. The Balaban J connectivity index is 1.83. The largest absolute Gasteiger partial charge is 0.462 e. The van der Waals surface area contributed by atoms with Crippen molar-refractivity contribution in [3.05, 3.63) is 29.8 Å². The van der Waals surface area contributed by atoms with Gasteiger partial charge >= 0.3 is 12.0 Å². The van der Waals surface area contributed by atoms with Crippen molar-refractivity contribution in [1.82, 2.24) is 10.2 Å². The fraction of sp³-hybridized carbons (Fsp3) is 0.526. The standard InChI is InChI=1S/C19H27N3O4/c1-4-26-18(24)15-5-7-16(8-6-15)21-17(23)14-9-11-22(12-10-14)19(25)20-13(2)3/h5-8,13-14H,4,9-12H2,1-3H3,(H,20,25)(H,21,23). The molecule has 0 saturated carbocycles. The first-order valence-electron chi connectivity index (χ1n) is 9.04. The molecular formula is C19H27N3O4. The second-order valence-electron chi connectivity index (χ2n) is 6.65. The number of amides is 3. The number of hydrogen-bond acceptors (Lipinski definition) is 4. The summed E-state index contributed by atoms with van der Waals surface area (Å²) in [5, 5.41) is 5.74. The zero-order valence-corrected chi connectivity index (χ0v) is 15.6.